The van der Waals surface area contributed by atoms with Gasteiger partial charge in [-0.3, -0.25) is 4.57 Å². The Hall–Kier alpha value is -2.23. The van der Waals surface area contributed by atoms with E-state index in [0.717, 1.165) is 6.42 Å². The molecule has 4 N–H and O–H groups in total. The van der Waals surface area contributed by atoms with Gasteiger partial charge >= 0.3 is 0 Å². The summed E-state index contributed by atoms with van der Waals surface area (Å²) in [4.78, 5) is 8.75. The average molecular weight is 419 g/mol. The predicted molar refractivity (Wildman–Crippen MR) is 109 cm³/mol. The molecule has 2 aromatic heterocycles. The minimum atomic E-state index is -1.22. The average Bonchev–Trinajstić information content (AvgIpc) is 3.24. The summed E-state index contributed by atoms with van der Waals surface area (Å²) in [5, 5.41) is 33.4. The van der Waals surface area contributed by atoms with Crippen molar-refractivity contribution >= 4 is 28.5 Å². The number of rotatable bonds is 6. The van der Waals surface area contributed by atoms with Crippen molar-refractivity contribution in [3.8, 4) is 0 Å². The van der Waals surface area contributed by atoms with Crippen molar-refractivity contribution in [1.82, 2.24) is 14.5 Å². The first-order chi connectivity index (χ1) is 14.0. The topological polar surface area (TPSA) is 113 Å². The van der Waals surface area contributed by atoms with Crippen molar-refractivity contribution in [3.63, 3.8) is 0 Å². The molecule has 154 valence electrons. The molecule has 0 spiro atoms. The third kappa shape index (κ3) is 3.94. The minimum absolute atomic E-state index is 0.109. The van der Waals surface area contributed by atoms with Crippen LogP contribution in [0, 0.1) is 0 Å². The van der Waals surface area contributed by atoms with E-state index in [9.17, 15) is 15.3 Å². The SMILES string of the molecule is CC(Cc1ccccc1)Nc1cc(Cl)nc2c1ncn2[C@@H]1O[C@H](CO)[C@@H](O)[C@H]1O. The largest absolute Gasteiger partial charge is 0.394 e. The number of ether oxygens (including phenoxy) is 1. The van der Waals surface area contributed by atoms with Crippen LogP contribution in [0.3, 0.4) is 0 Å². The van der Waals surface area contributed by atoms with Crippen LogP contribution in [0.2, 0.25) is 5.15 Å². The van der Waals surface area contributed by atoms with Crippen molar-refractivity contribution in [1.29, 1.82) is 0 Å². The van der Waals surface area contributed by atoms with Crippen molar-refractivity contribution in [2.45, 2.75) is 43.9 Å². The number of aliphatic hydroxyl groups excluding tert-OH is 3. The van der Waals surface area contributed by atoms with Crippen LogP contribution in [0.15, 0.2) is 42.7 Å². The summed E-state index contributed by atoms with van der Waals surface area (Å²) in [5.41, 5.74) is 2.92. The van der Waals surface area contributed by atoms with Crippen LogP contribution in [0.4, 0.5) is 5.69 Å². The fraction of sp³-hybridized carbons (Fsp3) is 0.400. The van der Waals surface area contributed by atoms with E-state index in [1.54, 1.807) is 6.07 Å². The molecule has 1 aliphatic rings. The third-order valence-electron chi connectivity index (χ3n) is 5.08. The monoisotopic (exact) mass is 418 g/mol. The van der Waals surface area contributed by atoms with Crippen molar-refractivity contribution in [2.75, 3.05) is 11.9 Å². The number of imidazole rings is 1. The van der Waals surface area contributed by atoms with E-state index in [2.05, 4.69) is 34.3 Å². The second-order valence-electron chi connectivity index (χ2n) is 7.28. The molecule has 8 nitrogen and oxygen atoms in total. The van der Waals surface area contributed by atoms with Gasteiger partial charge in [0.2, 0.25) is 0 Å². The van der Waals surface area contributed by atoms with Gasteiger partial charge in [0.25, 0.3) is 0 Å². The summed E-state index contributed by atoms with van der Waals surface area (Å²) < 4.78 is 7.12. The molecular weight excluding hydrogens is 396 g/mol. The van der Waals surface area contributed by atoms with Gasteiger partial charge in [-0.15, -0.1) is 0 Å². The molecular formula is C20H23ClN4O4. The first-order valence-electron chi connectivity index (χ1n) is 9.44. The summed E-state index contributed by atoms with van der Waals surface area (Å²) in [5.74, 6) is 0. The van der Waals surface area contributed by atoms with Gasteiger partial charge in [-0.1, -0.05) is 41.9 Å². The van der Waals surface area contributed by atoms with Gasteiger partial charge in [0.15, 0.2) is 11.9 Å². The number of aliphatic hydroxyl groups is 3. The normalized spacial score (nSPS) is 25.4. The number of hydrogen-bond acceptors (Lipinski definition) is 7. The van der Waals surface area contributed by atoms with E-state index >= 15 is 0 Å². The fourth-order valence-electron chi connectivity index (χ4n) is 3.67. The molecule has 0 amide bonds. The van der Waals surface area contributed by atoms with Crippen molar-refractivity contribution in [3.05, 3.63) is 53.4 Å². The van der Waals surface area contributed by atoms with E-state index < -0.39 is 31.1 Å². The van der Waals surface area contributed by atoms with Crippen LogP contribution >= 0.6 is 11.6 Å². The summed E-state index contributed by atoms with van der Waals surface area (Å²) in [7, 11) is 0. The van der Waals surface area contributed by atoms with Crippen LogP contribution in [0.1, 0.15) is 18.7 Å². The van der Waals surface area contributed by atoms with Gasteiger partial charge in [-0.25, -0.2) is 9.97 Å². The Kier molecular flexibility index (Phi) is 5.71. The molecule has 0 radical (unpaired) electrons. The maximum Gasteiger partial charge on any atom is 0.165 e. The Morgan fingerprint density at radius 3 is 2.69 bits per heavy atom. The molecule has 4 rings (SSSR count). The maximum absolute atomic E-state index is 10.3. The predicted octanol–water partition coefficient (Wildman–Crippen LogP) is 1.74. The summed E-state index contributed by atoms with van der Waals surface area (Å²) in [6.45, 7) is 1.66. The number of hydrogen-bond donors (Lipinski definition) is 4. The van der Waals surface area contributed by atoms with Gasteiger partial charge in [-0.2, -0.15) is 0 Å². The van der Waals surface area contributed by atoms with Crippen LogP contribution in [0.5, 0.6) is 0 Å². The van der Waals surface area contributed by atoms with Crippen LogP contribution in [-0.4, -0.2) is 60.8 Å². The molecule has 1 aliphatic heterocycles. The zero-order chi connectivity index (χ0) is 20.5. The quantitative estimate of drug-likeness (QED) is 0.451. The summed E-state index contributed by atoms with van der Waals surface area (Å²) in [6, 6.07) is 12.0. The van der Waals surface area contributed by atoms with Gasteiger partial charge in [-0.05, 0) is 18.9 Å². The molecule has 0 bridgehead atoms. The van der Waals surface area contributed by atoms with E-state index in [0.29, 0.717) is 16.9 Å². The van der Waals surface area contributed by atoms with Gasteiger partial charge in [0.05, 0.1) is 18.6 Å². The van der Waals surface area contributed by atoms with Gasteiger partial charge in [0.1, 0.15) is 29.0 Å². The highest BCUT2D eigenvalue weighted by Crippen LogP contribution is 2.33. The van der Waals surface area contributed by atoms with Crippen molar-refractivity contribution in [2.24, 2.45) is 0 Å². The second kappa shape index (κ2) is 8.25. The Labute approximate surface area is 172 Å². The Bertz CT molecular complexity index is 983. The number of nitrogens with zero attached hydrogens (tertiary/aromatic N) is 3. The first-order valence-corrected chi connectivity index (χ1v) is 9.81. The molecule has 1 saturated heterocycles. The Morgan fingerprint density at radius 2 is 2.00 bits per heavy atom. The molecule has 0 aliphatic carbocycles. The number of aromatic nitrogens is 3. The van der Waals surface area contributed by atoms with E-state index in [4.69, 9.17) is 16.3 Å². The number of pyridine rings is 1. The lowest BCUT2D eigenvalue weighted by molar-refractivity contribution is -0.0511. The smallest absolute Gasteiger partial charge is 0.165 e. The Balaban J connectivity index is 1.62. The molecule has 29 heavy (non-hydrogen) atoms. The Morgan fingerprint density at radius 1 is 1.24 bits per heavy atom. The lowest BCUT2D eigenvalue weighted by atomic mass is 10.1. The highest BCUT2D eigenvalue weighted by molar-refractivity contribution is 6.30. The molecule has 5 atom stereocenters. The van der Waals surface area contributed by atoms with Gasteiger partial charge < -0.3 is 25.4 Å². The highest BCUT2D eigenvalue weighted by Gasteiger charge is 2.44. The number of nitrogens with one attached hydrogen (secondary N) is 1. The lowest BCUT2D eigenvalue weighted by Crippen LogP contribution is -2.33. The molecule has 1 unspecified atom stereocenters. The number of halogens is 1. The zero-order valence-corrected chi connectivity index (χ0v) is 16.6. The van der Waals surface area contributed by atoms with Crippen molar-refractivity contribution < 1.29 is 20.1 Å². The maximum atomic E-state index is 10.3. The number of fused-ring (bicyclic) bond motifs is 1. The molecule has 3 heterocycles. The first kappa shape index (κ1) is 20.1. The van der Waals surface area contributed by atoms with E-state index in [-0.39, 0.29) is 11.2 Å². The third-order valence-corrected chi connectivity index (χ3v) is 5.27. The molecule has 1 fully saturated rings. The second-order valence-corrected chi connectivity index (χ2v) is 7.67. The standard InChI is InChI=1S/C20H23ClN4O4/c1-11(7-12-5-3-2-4-6-12)23-13-8-15(21)24-19-16(13)22-10-25(19)20-18(28)17(27)14(9-26)29-20/h2-6,8,10-11,14,17-18,20,26-28H,7,9H2,1H3,(H,23,24)/t11?,14-,17-,18-,20-/m1/s1. The zero-order valence-electron chi connectivity index (χ0n) is 15.8. The van der Waals surface area contributed by atoms with E-state index in [1.807, 2.05) is 18.2 Å². The highest BCUT2D eigenvalue weighted by atomic mass is 35.5. The number of benzene rings is 1. The lowest BCUT2D eigenvalue weighted by Gasteiger charge is -2.18. The molecule has 9 heteroatoms. The molecule has 0 saturated carbocycles. The minimum Gasteiger partial charge on any atom is -0.394 e. The molecule has 3 aromatic rings. The van der Waals surface area contributed by atoms with Crippen LogP contribution < -0.4 is 5.32 Å². The number of anilines is 1. The summed E-state index contributed by atoms with van der Waals surface area (Å²) in [6.07, 6.45) is -1.93. The van der Waals surface area contributed by atoms with Crippen LogP contribution in [-0.2, 0) is 11.2 Å². The summed E-state index contributed by atoms with van der Waals surface area (Å²) >= 11 is 6.24. The van der Waals surface area contributed by atoms with Crippen LogP contribution in [0.25, 0.3) is 11.2 Å². The molecule has 1 aromatic carbocycles. The van der Waals surface area contributed by atoms with E-state index in [1.165, 1.54) is 16.5 Å². The van der Waals surface area contributed by atoms with Gasteiger partial charge in [0, 0.05) is 12.1 Å². The fourth-order valence-corrected chi connectivity index (χ4v) is 3.86.